The van der Waals surface area contributed by atoms with Gasteiger partial charge in [-0.25, -0.2) is 4.79 Å². The third kappa shape index (κ3) is 4.09. The smallest absolute Gasteiger partial charge is 0.330 e. The van der Waals surface area contributed by atoms with Crippen molar-refractivity contribution in [3.63, 3.8) is 0 Å². The first-order valence-electron chi connectivity index (χ1n) is 7.31. The van der Waals surface area contributed by atoms with E-state index in [1.807, 2.05) is 0 Å². The number of carboxylic acid groups (broad SMARTS) is 1. The summed E-state index contributed by atoms with van der Waals surface area (Å²) in [5.74, 6) is -1.85. The summed E-state index contributed by atoms with van der Waals surface area (Å²) in [6.45, 7) is 1.08. The number of nitrogens with zero attached hydrogens (tertiary/aromatic N) is 1. The van der Waals surface area contributed by atoms with Gasteiger partial charge in [0.05, 0.1) is 19.4 Å². The van der Waals surface area contributed by atoms with Crippen LogP contribution in [-0.4, -0.2) is 50.5 Å². The molecule has 3 atom stereocenters. The highest BCUT2D eigenvalue weighted by molar-refractivity contribution is 5.76. The minimum Gasteiger partial charge on any atom is -0.481 e. The lowest BCUT2D eigenvalue weighted by atomic mass is 10.2. The van der Waals surface area contributed by atoms with E-state index in [9.17, 15) is 24.3 Å². The van der Waals surface area contributed by atoms with Gasteiger partial charge in [-0.15, -0.1) is 0 Å². The van der Waals surface area contributed by atoms with Crippen molar-refractivity contribution in [3.8, 4) is 0 Å². The Morgan fingerprint density at radius 1 is 1.42 bits per heavy atom. The van der Waals surface area contributed by atoms with Crippen molar-refractivity contribution in [2.75, 3.05) is 6.61 Å². The molecule has 1 aromatic rings. The second-order valence-electron chi connectivity index (χ2n) is 5.45. The van der Waals surface area contributed by atoms with Crippen LogP contribution in [0.4, 0.5) is 0 Å². The topological polar surface area (TPSA) is 148 Å². The van der Waals surface area contributed by atoms with Gasteiger partial charge >= 0.3 is 17.6 Å². The minimum absolute atomic E-state index is 0.0927. The number of H-pyrrole nitrogens is 1. The largest absolute Gasteiger partial charge is 0.481 e. The molecule has 0 amide bonds. The standard InChI is InChI=1S/C14H18N2O8/c1-7-5-16(14(22)15-13(7)21)10-4-8(9(6-17)23-10)24-12(20)3-2-11(18)19/h5,8-10,17H,2-4,6H2,1H3,(H,18,19)(H,15,21,22)/t8-,9+,10+/m0/s1. The fourth-order valence-electron chi connectivity index (χ4n) is 2.40. The molecule has 1 saturated heterocycles. The molecule has 132 valence electrons. The van der Waals surface area contributed by atoms with Crippen LogP contribution >= 0.6 is 0 Å². The van der Waals surface area contributed by atoms with E-state index >= 15 is 0 Å². The Kier molecular flexibility index (Phi) is 5.52. The third-order valence-electron chi connectivity index (χ3n) is 3.64. The number of aryl methyl sites for hydroxylation is 1. The minimum atomic E-state index is -1.12. The van der Waals surface area contributed by atoms with Gasteiger partial charge in [0.1, 0.15) is 18.4 Å². The van der Waals surface area contributed by atoms with Crippen LogP contribution in [0, 0.1) is 6.92 Å². The van der Waals surface area contributed by atoms with E-state index in [2.05, 4.69) is 4.98 Å². The summed E-state index contributed by atoms with van der Waals surface area (Å²) in [5.41, 5.74) is -0.879. The first-order chi connectivity index (χ1) is 11.3. The van der Waals surface area contributed by atoms with E-state index in [1.165, 1.54) is 13.1 Å². The lowest BCUT2D eigenvalue weighted by Gasteiger charge is -2.16. The van der Waals surface area contributed by atoms with E-state index in [4.69, 9.17) is 14.6 Å². The number of ether oxygens (including phenoxy) is 2. The second kappa shape index (κ2) is 7.41. The normalized spacial score (nSPS) is 23.2. The number of carbonyl (C=O) groups excluding carboxylic acids is 1. The van der Waals surface area contributed by atoms with E-state index in [-0.39, 0.29) is 19.3 Å². The molecule has 0 aromatic carbocycles. The van der Waals surface area contributed by atoms with Gasteiger partial charge in [-0.1, -0.05) is 0 Å². The van der Waals surface area contributed by atoms with Gasteiger partial charge in [0, 0.05) is 18.2 Å². The van der Waals surface area contributed by atoms with Gasteiger partial charge in [-0.05, 0) is 6.92 Å². The summed E-state index contributed by atoms with van der Waals surface area (Å²) < 4.78 is 11.8. The number of hydrogen-bond acceptors (Lipinski definition) is 7. The van der Waals surface area contributed by atoms with Crippen molar-refractivity contribution in [2.24, 2.45) is 0 Å². The summed E-state index contributed by atoms with van der Waals surface area (Å²) in [4.78, 5) is 47.5. The molecule has 1 aliphatic rings. The average Bonchev–Trinajstić information content (AvgIpc) is 2.91. The molecule has 1 aliphatic heterocycles. The Morgan fingerprint density at radius 2 is 2.12 bits per heavy atom. The first kappa shape index (κ1) is 17.9. The zero-order chi connectivity index (χ0) is 17.9. The molecule has 1 aromatic heterocycles. The number of rotatable bonds is 6. The van der Waals surface area contributed by atoms with Crippen LogP contribution in [0.1, 0.15) is 31.1 Å². The lowest BCUT2D eigenvalue weighted by Crippen LogP contribution is -2.33. The highest BCUT2D eigenvalue weighted by Crippen LogP contribution is 2.30. The highest BCUT2D eigenvalue weighted by atomic mass is 16.6. The van der Waals surface area contributed by atoms with Gasteiger partial charge in [-0.2, -0.15) is 0 Å². The summed E-state index contributed by atoms with van der Waals surface area (Å²) in [5, 5.41) is 17.9. The monoisotopic (exact) mass is 342 g/mol. The third-order valence-corrected chi connectivity index (χ3v) is 3.64. The molecule has 0 radical (unpaired) electrons. The summed E-state index contributed by atoms with van der Waals surface area (Å²) >= 11 is 0. The van der Waals surface area contributed by atoms with Crippen LogP contribution in [0.25, 0.3) is 0 Å². The maximum atomic E-state index is 11.9. The van der Waals surface area contributed by atoms with Crippen LogP contribution in [-0.2, 0) is 19.1 Å². The van der Waals surface area contributed by atoms with E-state index in [0.717, 1.165) is 4.57 Å². The Bertz CT molecular complexity index is 737. The summed E-state index contributed by atoms with van der Waals surface area (Å²) in [6.07, 6.45) is -1.72. The molecular formula is C14H18N2O8. The molecule has 10 nitrogen and oxygen atoms in total. The highest BCUT2D eigenvalue weighted by Gasteiger charge is 2.39. The quantitative estimate of drug-likeness (QED) is 0.552. The predicted octanol–water partition coefficient (Wildman–Crippen LogP) is -1.10. The molecular weight excluding hydrogens is 324 g/mol. The van der Waals surface area contributed by atoms with Gasteiger partial charge in [0.15, 0.2) is 0 Å². The molecule has 0 bridgehead atoms. The molecule has 0 saturated carbocycles. The lowest BCUT2D eigenvalue weighted by molar-refractivity contribution is -0.155. The number of aromatic amines is 1. The molecule has 2 rings (SSSR count). The Balaban J connectivity index is 2.10. The number of aliphatic carboxylic acids is 1. The molecule has 1 fully saturated rings. The van der Waals surface area contributed by atoms with Crippen molar-refractivity contribution < 1.29 is 29.3 Å². The number of nitrogens with one attached hydrogen (secondary N) is 1. The van der Waals surface area contributed by atoms with Crippen LogP contribution in [0.3, 0.4) is 0 Å². The van der Waals surface area contributed by atoms with E-state index in [0.29, 0.717) is 5.56 Å². The second-order valence-corrected chi connectivity index (χ2v) is 5.45. The first-order valence-corrected chi connectivity index (χ1v) is 7.31. The Morgan fingerprint density at radius 3 is 2.75 bits per heavy atom. The van der Waals surface area contributed by atoms with Crippen molar-refractivity contribution in [3.05, 3.63) is 32.6 Å². The molecule has 3 N–H and O–H groups in total. The number of esters is 1. The number of carboxylic acids is 1. The van der Waals surface area contributed by atoms with E-state index < -0.39 is 48.2 Å². The maximum absolute atomic E-state index is 11.9. The van der Waals surface area contributed by atoms with E-state index in [1.54, 1.807) is 0 Å². The summed E-state index contributed by atoms with van der Waals surface area (Å²) in [6, 6.07) is 0. The predicted molar refractivity (Wildman–Crippen MR) is 78.4 cm³/mol. The Labute approximate surface area is 135 Å². The van der Waals surface area contributed by atoms with Gasteiger partial charge in [0.2, 0.25) is 0 Å². The molecule has 2 heterocycles. The number of aliphatic hydroxyl groups excluding tert-OH is 1. The fraction of sp³-hybridized carbons (Fsp3) is 0.571. The number of carbonyl (C=O) groups is 2. The molecule has 0 unspecified atom stereocenters. The van der Waals surface area contributed by atoms with Crippen molar-refractivity contribution >= 4 is 11.9 Å². The van der Waals surface area contributed by atoms with Crippen molar-refractivity contribution in [1.29, 1.82) is 0 Å². The molecule has 24 heavy (non-hydrogen) atoms. The Hall–Kier alpha value is -2.46. The van der Waals surface area contributed by atoms with Crippen LogP contribution in [0.5, 0.6) is 0 Å². The van der Waals surface area contributed by atoms with Crippen molar-refractivity contribution in [1.82, 2.24) is 9.55 Å². The summed E-state index contributed by atoms with van der Waals surface area (Å²) in [7, 11) is 0. The van der Waals surface area contributed by atoms with Crippen LogP contribution < -0.4 is 11.2 Å². The zero-order valence-corrected chi connectivity index (χ0v) is 12.9. The van der Waals surface area contributed by atoms with Gasteiger partial charge in [-0.3, -0.25) is 23.9 Å². The number of aromatic nitrogens is 2. The molecule has 0 spiro atoms. The fourth-order valence-corrected chi connectivity index (χ4v) is 2.40. The van der Waals surface area contributed by atoms with Crippen molar-refractivity contribution in [2.45, 2.75) is 44.6 Å². The number of aliphatic hydroxyl groups is 1. The molecule has 0 aliphatic carbocycles. The molecule has 10 heteroatoms. The van der Waals surface area contributed by atoms with Crippen LogP contribution in [0.15, 0.2) is 15.8 Å². The zero-order valence-electron chi connectivity index (χ0n) is 12.9. The van der Waals surface area contributed by atoms with Gasteiger partial charge < -0.3 is 19.7 Å². The van der Waals surface area contributed by atoms with Crippen LogP contribution in [0.2, 0.25) is 0 Å². The number of hydrogen-bond donors (Lipinski definition) is 3. The average molecular weight is 342 g/mol. The SMILES string of the molecule is Cc1cn([C@H]2C[C@H](OC(=O)CCC(=O)O)[C@@H](CO)O2)c(=O)[nH]c1=O. The maximum Gasteiger partial charge on any atom is 0.330 e. The van der Waals surface area contributed by atoms with Gasteiger partial charge in [0.25, 0.3) is 5.56 Å².